The summed E-state index contributed by atoms with van der Waals surface area (Å²) >= 11 is 5.85. The van der Waals surface area contributed by atoms with Crippen LogP contribution in [0, 0.1) is 0 Å². The van der Waals surface area contributed by atoms with E-state index in [1.807, 2.05) is 18.2 Å². The van der Waals surface area contributed by atoms with E-state index in [4.69, 9.17) is 26.1 Å². The third kappa shape index (κ3) is 6.08. The lowest BCUT2D eigenvalue weighted by atomic mass is 9.92. The summed E-state index contributed by atoms with van der Waals surface area (Å²) < 4.78 is 29.9. The average molecular weight is 713 g/mol. The molecule has 0 amide bonds. The number of fused-ring (bicyclic) bond motifs is 3. The average Bonchev–Trinajstić information content (AvgIpc) is 3.91. The molecular weight excluding hydrogens is 676 g/mol. The van der Waals surface area contributed by atoms with E-state index in [9.17, 15) is 18.6 Å². The SMILES string of the molecule is O=S1CCc2nc(Cl)nc(NC3(CO)CC3)c21.O=S1CCc2nc(N3CCC(c4noc5ccccc45)CC3)nc(NC3(CO)CC3)c21. The van der Waals surface area contributed by atoms with Crippen LogP contribution in [0.15, 0.2) is 38.6 Å². The largest absolute Gasteiger partial charge is 0.394 e. The third-order valence-electron chi connectivity index (χ3n) is 9.99. The quantitative estimate of drug-likeness (QED) is 0.196. The second kappa shape index (κ2) is 12.6. The van der Waals surface area contributed by atoms with Crippen molar-refractivity contribution in [3.8, 4) is 0 Å². The van der Waals surface area contributed by atoms with E-state index in [0.29, 0.717) is 52.7 Å². The van der Waals surface area contributed by atoms with Crippen LogP contribution in [0.3, 0.4) is 0 Å². The summed E-state index contributed by atoms with van der Waals surface area (Å²) in [5.74, 6) is 3.39. The molecule has 2 aliphatic carbocycles. The van der Waals surface area contributed by atoms with Crippen LogP contribution >= 0.6 is 11.6 Å². The van der Waals surface area contributed by atoms with E-state index in [1.165, 1.54) is 0 Å². The van der Waals surface area contributed by atoms with E-state index >= 15 is 0 Å². The maximum absolute atomic E-state index is 12.5. The highest BCUT2D eigenvalue weighted by atomic mass is 35.5. The Morgan fingerprint density at radius 2 is 1.44 bits per heavy atom. The molecule has 4 N–H and O–H groups in total. The van der Waals surface area contributed by atoms with Gasteiger partial charge >= 0.3 is 0 Å². The molecule has 1 saturated heterocycles. The first-order chi connectivity index (χ1) is 23.3. The molecule has 0 radical (unpaired) electrons. The van der Waals surface area contributed by atoms with Crippen LogP contribution < -0.4 is 15.5 Å². The van der Waals surface area contributed by atoms with E-state index in [1.54, 1.807) is 0 Å². The fourth-order valence-corrected chi connectivity index (χ4v) is 9.46. The van der Waals surface area contributed by atoms with Crippen LogP contribution in [0.5, 0.6) is 0 Å². The number of nitrogens with zero attached hydrogens (tertiary/aromatic N) is 6. The van der Waals surface area contributed by atoms with Crippen molar-refractivity contribution in [1.29, 1.82) is 0 Å². The zero-order valence-electron chi connectivity index (χ0n) is 26.3. The number of anilines is 3. The van der Waals surface area contributed by atoms with Crippen LogP contribution in [0.4, 0.5) is 17.6 Å². The number of para-hydroxylation sites is 1. The normalized spacial score (nSPS) is 23.3. The number of aromatic nitrogens is 5. The predicted molar refractivity (Wildman–Crippen MR) is 183 cm³/mol. The van der Waals surface area contributed by atoms with Gasteiger partial charge in [-0.3, -0.25) is 8.42 Å². The van der Waals surface area contributed by atoms with Gasteiger partial charge in [-0.1, -0.05) is 17.3 Å². The first kappa shape index (κ1) is 32.0. The summed E-state index contributed by atoms with van der Waals surface area (Å²) in [5.41, 5.74) is 2.92. The van der Waals surface area contributed by atoms with Gasteiger partial charge in [-0.2, -0.15) is 9.97 Å². The van der Waals surface area contributed by atoms with Gasteiger partial charge in [0, 0.05) is 48.7 Å². The summed E-state index contributed by atoms with van der Waals surface area (Å²) in [6.07, 6.45) is 6.88. The number of hydrogen-bond donors (Lipinski definition) is 4. The monoisotopic (exact) mass is 712 g/mol. The van der Waals surface area contributed by atoms with Crippen LogP contribution in [0.2, 0.25) is 5.28 Å². The smallest absolute Gasteiger partial charge is 0.227 e. The second-order valence-corrected chi connectivity index (χ2v) is 16.7. The standard InChI is InChI=1S/C22H25N5O3S.C10H12ClN3O2S/c28-13-22(8-9-22)25-20-19-16(7-12-31(19)29)23-21(24-20)27-10-5-14(6-11-27)18-15-3-1-2-4-17(15)30-26-18;11-9-12-6-1-4-17(16)7(6)8(13-9)14-10(5-15)2-3-10/h1-4,14,28H,5-13H2,(H,23,24,25);15H,1-5H2,(H,12,13,14). The minimum absolute atomic E-state index is 0.0516. The molecule has 2 saturated carbocycles. The Kier molecular flexibility index (Phi) is 8.38. The molecule has 6 heterocycles. The lowest BCUT2D eigenvalue weighted by Gasteiger charge is -2.32. The van der Waals surface area contributed by atoms with E-state index in [-0.39, 0.29) is 29.6 Å². The lowest BCUT2D eigenvalue weighted by molar-refractivity contribution is 0.265. The number of piperidine rings is 1. The van der Waals surface area contributed by atoms with Crippen molar-refractivity contribution in [3.05, 3.63) is 46.6 Å². The first-order valence-electron chi connectivity index (χ1n) is 16.4. The van der Waals surface area contributed by atoms with Gasteiger partial charge in [0.1, 0.15) is 21.4 Å². The highest BCUT2D eigenvalue weighted by Gasteiger charge is 2.45. The Bertz CT molecular complexity index is 1930. The highest BCUT2D eigenvalue weighted by molar-refractivity contribution is 7.85. The van der Waals surface area contributed by atoms with Gasteiger partial charge in [0.2, 0.25) is 11.2 Å². The molecule has 0 bridgehead atoms. The second-order valence-electron chi connectivity index (χ2n) is 13.3. The summed E-state index contributed by atoms with van der Waals surface area (Å²) in [5, 5.41) is 31.2. The number of hydrogen-bond acceptors (Lipinski definition) is 13. The molecule has 2 unspecified atom stereocenters. The number of benzene rings is 1. The van der Waals surface area contributed by atoms with Crippen LogP contribution in [0.25, 0.3) is 11.0 Å². The fraction of sp³-hybridized carbons (Fsp3) is 0.531. The molecular formula is C32H37ClN8O5S2. The molecule has 254 valence electrons. The number of aryl methyl sites for hydroxylation is 2. The minimum Gasteiger partial charge on any atom is -0.394 e. The number of aliphatic hydroxyl groups is 2. The summed E-state index contributed by atoms with van der Waals surface area (Å²) in [6.45, 7) is 1.78. The minimum atomic E-state index is -1.08. The van der Waals surface area contributed by atoms with Crippen molar-refractivity contribution >= 4 is 61.8 Å². The number of aliphatic hydroxyl groups excluding tert-OH is 2. The molecule has 13 nitrogen and oxygen atoms in total. The van der Waals surface area contributed by atoms with Gasteiger partial charge in [0.15, 0.2) is 5.58 Å². The number of nitrogens with one attached hydrogen (secondary N) is 2. The predicted octanol–water partition coefficient (Wildman–Crippen LogP) is 3.33. The van der Waals surface area contributed by atoms with E-state index in [2.05, 4.69) is 36.7 Å². The maximum Gasteiger partial charge on any atom is 0.227 e. The molecule has 0 spiro atoms. The summed E-state index contributed by atoms with van der Waals surface area (Å²) in [4.78, 5) is 21.4. The fourth-order valence-electron chi connectivity index (χ4n) is 6.66. The van der Waals surface area contributed by atoms with Crippen LogP contribution in [-0.2, 0) is 34.4 Å². The molecule has 16 heteroatoms. The van der Waals surface area contributed by atoms with Crippen LogP contribution in [-0.4, -0.2) is 92.6 Å². The van der Waals surface area contributed by atoms with Crippen LogP contribution in [0.1, 0.15) is 61.5 Å². The Balaban J connectivity index is 0.000000167. The molecule has 3 fully saturated rings. The maximum atomic E-state index is 12.5. The molecule has 1 aromatic carbocycles. The van der Waals surface area contributed by atoms with Gasteiger partial charge in [-0.25, -0.2) is 9.97 Å². The zero-order chi connectivity index (χ0) is 33.0. The molecule has 3 aliphatic heterocycles. The Morgan fingerprint density at radius 3 is 2.04 bits per heavy atom. The lowest BCUT2D eigenvalue weighted by Crippen LogP contribution is -2.35. The Morgan fingerprint density at radius 1 is 0.854 bits per heavy atom. The van der Waals surface area contributed by atoms with Crippen molar-refractivity contribution in [2.75, 3.05) is 53.3 Å². The summed E-state index contributed by atoms with van der Waals surface area (Å²) in [7, 11) is -2.13. The van der Waals surface area contributed by atoms with Gasteiger partial charge in [-0.05, 0) is 62.3 Å². The van der Waals surface area contributed by atoms with Gasteiger partial charge in [0.05, 0.1) is 63.0 Å². The van der Waals surface area contributed by atoms with Gasteiger partial charge in [-0.15, -0.1) is 0 Å². The van der Waals surface area contributed by atoms with Gasteiger partial charge in [0.25, 0.3) is 0 Å². The zero-order valence-corrected chi connectivity index (χ0v) is 28.7. The van der Waals surface area contributed by atoms with E-state index in [0.717, 1.165) is 84.6 Å². The topological polar surface area (TPSA) is 179 Å². The Hall–Kier alpha value is -3.24. The number of halogens is 1. The van der Waals surface area contributed by atoms with Crippen molar-refractivity contribution in [2.24, 2.45) is 0 Å². The molecule has 5 aliphatic rings. The van der Waals surface area contributed by atoms with Crippen molar-refractivity contribution in [3.63, 3.8) is 0 Å². The van der Waals surface area contributed by atoms with Crippen molar-refractivity contribution in [1.82, 2.24) is 25.1 Å². The third-order valence-corrected chi connectivity index (χ3v) is 13.1. The Labute approximate surface area is 287 Å². The van der Waals surface area contributed by atoms with Crippen molar-refractivity contribution in [2.45, 2.75) is 78.2 Å². The molecule has 48 heavy (non-hydrogen) atoms. The van der Waals surface area contributed by atoms with E-state index < -0.39 is 21.6 Å². The molecule has 4 aromatic rings. The van der Waals surface area contributed by atoms with Crippen molar-refractivity contribution < 1.29 is 23.2 Å². The summed E-state index contributed by atoms with van der Waals surface area (Å²) in [6, 6.07) is 8.02. The molecule has 2 atom stereocenters. The molecule has 3 aromatic heterocycles. The number of rotatable bonds is 8. The highest BCUT2D eigenvalue weighted by Crippen LogP contribution is 2.42. The van der Waals surface area contributed by atoms with Gasteiger partial charge < -0.3 is 30.3 Å². The molecule has 9 rings (SSSR count). The first-order valence-corrected chi connectivity index (χ1v) is 19.4.